The first-order valence-corrected chi connectivity index (χ1v) is 7.60. The van der Waals surface area contributed by atoms with Crippen molar-refractivity contribution in [2.45, 2.75) is 19.5 Å². The van der Waals surface area contributed by atoms with Gasteiger partial charge in [-0.2, -0.15) is 0 Å². The zero-order chi connectivity index (χ0) is 14.5. The fourth-order valence-electron chi connectivity index (χ4n) is 2.05. The maximum absolute atomic E-state index is 3.55. The number of hydrogen-bond acceptors (Lipinski definition) is 2. The van der Waals surface area contributed by atoms with Crippen LogP contribution in [0, 0.1) is 0 Å². The topological polar surface area (TPSA) is 15.3 Å². The lowest BCUT2D eigenvalue weighted by molar-refractivity contribution is 0.574. The quantitative estimate of drug-likeness (QED) is 0.874. The summed E-state index contributed by atoms with van der Waals surface area (Å²) in [7, 11) is 4.12. The Labute approximate surface area is 129 Å². The molecule has 3 heteroatoms. The number of nitrogens with zero attached hydrogens (tertiary/aromatic N) is 1. The second-order valence-electron chi connectivity index (χ2n) is 5.22. The average molecular weight is 333 g/mol. The van der Waals surface area contributed by atoms with Gasteiger partial charge in [-0.1, -0.05) is 40.2 Å². The van der Waals surface area contributed by atoms with E-state index in [0.717, 1.165) is 11.0 Å². The molecule has 20 heavy (non-hydrogen) atoms. The van der Waals surface area contributed by atoms with Crippen LogP contribution < -0.4 is 10.2 Å². The summed E-state index contributed by atoms with van der Waals surface area (Å²) in [5.41, 5.74) is 3.84. The summed E-state index contributed by atoms with van der Waals surface area (Å²) < 4.78 is 1.12. The van der Waals surface area contributed by atoms with E-state index in [1.54, 1.807) is 0 Å². The van der Waals surface area contributed by atoms with E-state index in [4.69, 9.17) is 0 Å². The minimum Gasteiger partial charge on any atom is -0.378 e. The van der Waals surface area contributed by atoms with E-state index in [-0.39, 0.29) is 0 Å². The highest BCUT2D eigenvalue weighted by atomic mass is 79.9. The molecule has 0 amide bonds. The van der Waals surface area contributed by atoms with Gasteiger partial charge in [0.1, 0.15) is 0 Å². The molecular weight excluding hydrogens is 312 g/mol. The molecule has 2 aromatic rings. The van der Waals surface area contributed by atoms with Crippen LogP contribution in [0.15, 0.2) is 53.0 Å². The van der Waals surface area contributed by atoms with E-state index in [1.165, 1.54) is 16.8 Å². The lowest BCUT2D eigenvalue weighted by atomic mass is 10.1. The Morgan fingerprint density at radius 3 is 2.15 bits per heavy atom. The van der Waals surface area contributed by atoms with E-state index < -0.39 is 0 Å². The third-order valence-electron chi connectivity index (χ3n) is 3.44. The van der Waals surface area contributed by atoms with Crippen molar-refractivity contribution in [3.8, 4) is 0 Å². The Hall–Kier alpha value is -1.32. The van der Waals surface area contributed by atoms with Crippen LogP contribution in [-0.4, -0.2) is 14.1 Å². The minimum atomic E-state index is 0.344. The molecule has 0 saturated carbocycles. The van der Waals surface area contributed by atoms with Crippen molar-refractivity contribution >= 4 is 21.6 Å². The smallest absolute Gasteiger partial charge is 0.0361 e. The van der Waals surface area contributed by atoms with Crippen molar-refractivity contribution in [3.63, 3.8) is 0 Å². The summed E-state index contributed by atoms with van der Waals surface area (Å²) in [6, 6.07) is 17.5. The first-order chi connectivity index (χ1) is 9.56. The molecule has 1 N–H and O–H groups in total. The number of nitrogens with one attached hydrogen (secondary N) is 1. The van der Waals surface area contributed by atoms with Crippen molar-refractivity contribution in [3.05, 3.63) is 64.1 Å². The van der Waals surface area contributed by atoms with E-state index in [0.29, 0.717) is 6.04 Å². The Bertz CT molecular complexity index is 532. The molecule has 0 aliphatic heterocycles. The van der Waals surface area contributed by atoms with Crippen molar-refractivity contribution in [2.24, 2.45) is 0 Å². The summed E-state index contributed by atoms with van der Waals surface area (Å²) in [6.45, 7) is 3.07. The third-order valence-corrected chi connectivity index (χ3v) is 3.96. The Morgan fingerprint density at radius 2 is 1.60 bits per heavy atom. The van der Waals surface area contributed by atoms with Gasteiger partial charge in [0.25, 0.3) is 0 Å². The van der Waals surface area contributed by atoms with Crippen LogP contribution in [-0.2, 0) is 6.54 Å². The van der Waals surface area contributed by atoms with E-state index in [9.17, 15) is 0 Å². The van der Waals surface area contributed by atoms with Gasteiger partial charge in [0.2, 0.25) is 0 Å². The largest absolute Gasteiger partial charge is 0.378 e. The lowest BCUT2D eigenvalue weighted by Gasteiger charge is -2.16. The lowest BCUT2D eigenvalue weighted by Crippen LogP contribution is -2.18. The number of anilines is 1. The van der Waals surface area contributed by atoms with Gasteiger partial charge in [-0.25, -0.2) is 0 Å². The molecule has 2 rings (SSSR count). The van der Waals surface area contributed by atoms with Gasteiger partial charge in [0.15, 0.2) is 0 Å². The van der Waals surface area contributed by atoms with Gasteiger partial charge < -0.3 is 10.2 Å². The summed E-state index contributed by atoms with van der Waals surface area (Å²) >= 11 is 3.46. The molecule has 0 bridgehead atoms. The maximum atomic E-state index is 3.55. The second kappa shape index (κ2) is 6.91. The molecule has 0 aliphatic carbocycles. The van der Waals surface area contributed by atoms with Crippen molar-refractivity contribution in [1.82, 2.24) is 5.32 Å². The molecule has 0 fully saturated rings. The van der Waals surface area contributed by atoms with Gasteiger partial charge in [0.05, 0.1) is 0 Å². The van der Waals surface area contributed by atoms with Crippen LogP contribution in [0.3, 0.4) is 0 Å². The molecule has 0 radical (unpaired) electrons. The molecule has 0 heterocycles. The van der Waals surface area contributed by atoms with E-state index in [1.807, 2.05) is 0 Å². The normalized spacial score (nSPS) is 12.2. The highest BCUT2D eigenvalue weighted by Crippen LogP contribution is 2.17. The molecule has 0 spiro atoms. The van der Waals surface area contributed by atoms with E-state index >= 15 is 0 Å². The fraction of sp³-hybridized carbons (Fsp3) is 0.294. The molecule has 1 unspecified atom stereocenters. The summed E-state index contributed by atoms with van der Waals surface area (Å²) in [5, 5.41) is 3.55. The SMILES string of the molecule is CC(NCc1ccc(N(C)C)cc1)c1ccc(Br)cc1. The number of rotatable bonds is 5. The Balaban J connectivity index is 1.92. The predicted molar refractivity (Wildman–Crippen MR) is 90.2 cm³/mol. The standard InChI is InChI=1S/C17H21BrN2/c1-13(15-6-8-16(18)9-7-15)19-12-14-4-10-17(11-5-14)20(2)3/h4-11,13,19H,12H2,1-3H3. The molecule has 1 atom stereocenters. The summed E-state index contributed by atoms with van der Waals surface area (Å²) in [4.78, 5) is 2.11. The minimum absolute atomic E-state index is 0.344. The predicted octanol–water partition coefficient (Wildman–Crippen LogP) is 4.37. The van der Waals surface area contributed by atoms with E-state index in [2.05, 4.69) is 95.7 Å². The van der Waals surface area contributed by atoms with Crippen LogP contribution in [0.1, 0.15) is 24.1 Å². The highest BCUT2D eigenvalue weighted by Gasteiger charge is 2.04. The van der Waals surface area contributed by atoms with Crippen LogP contribution in [0.5, 0.6) is 0 Å². The van der Waals surface area contributed by atoms with Crippen LogP contribution in [0.25, 0.3) is 0 Å². The van der Waals surface area contributed by atoms with Gasteiger partial charge in [0, 0.05) is 36.8 Å². The highest BCUT2D eigenvalue weighted by molar-refractivity contribution is 9.10. The molecule has 0 saturated heterocycles. The number of benzene rings is 2. The molecule has 0 aromatic heterocycles. The molecular formula is C17H21BrN2. The molecule has 0 aliphatic rings. The zero-order valence-corrected chi connectivity index (χ0v) is 13.8. The molecule has 106 valence electrons. The van der Waals surface area contributed by atoms with Gasteiger partial charge in [-0.15, -0.1) is 0 Å². The first kappa shape index (κ1) is 15.1. The Kier molecular flexibility index (Phi) is 5.21. The van der Waals surface area contributed by atoms with Crippen molar-refractivity contribution in [2.75, 3.05) is 19.0 Å². The fourth-order valence-corrected chi connectivity index (χ4v) is 2.32. The number of hydrogen-bond donors (Lipinski definition) is 1. The van der Waals surface area contributed by atoms with Crippen LogP contribution >= 0.6 is 15.9 Å². The van der Waals surface area contributed by atoms with Gasteiger partial charge in [-0.3, -0.25) is 0 Å². The molecule has 2 aromatic carbocycles. The third kappa shape index (κ3) is 4.09. The number of halogens is 1. The summed E-state index contributed by atoms with van der Waals surface area (Å²) in [6.07, 6.45) is 0. The average Bonchev–Trinajstić information content (AvgIpc) is 2.46. The summed E-state index contributed by atoms with van der Waals surface area (Å²) in [5.74, 6) is 0. The van der Waals surface area contributed by atoms with Crippen molar-refractivity contribution < 1.29 is 0 Å². The van der Waals surface area contributed by atoms with Gasteiger partial charge >= 0.3 is 0 Å². The van der Waals surface area contributed by atoms with Gasteiger partial charge in [-0.05, 0) is 42.3 Å². The van der Waals surface area contributed by atoms with Crippen LogP contribution in [0.4, 0.5) is 5.69 Å². The molecule has 2 nitrogen and oxygen atoms in total. The zero-order valence-electron chi connectivity index (χ0n) is 12.2. The monoisotopic (exact) mass is 332 g/mol. The second-order valence-corrected chi connectivity index (χ2v) is 6.13. The van der Waals surface area contributed by atoms with Crippen LogP contribution in [0.2, 0.25) is 0 Å². The maximum Gasteiger partial charge on any atom is 0.0361 e. The first-order valence-electron chi connectivity index (χ1n) is 6.81. The van der Waals surface area contributed by atoms with Crippen molar-refractivity contribution in [1.29, 1.82) is 0 Å². The Morgan fingerprint density at radius 1 is 1.00 bits per heavy atom.